The highest BCUT2D eigenvalue weighted by Crippen LogP contribution is 2.15. The average molecular weight is 344 g/mol. The summed E-state index contributed by atoms with van der Waals surface area (Å²) in [5.74, 6) is 0.197. The number of nitrogens with zero attached hydrogens (tertiary/aromatic N) is 1. The Bertz CT molecular complexity index is 295. The van der Waals surface area contributed by atoms with Crippen LogP contribution in [-0.4, -0.2) is 47.3 Å². The highest BCUT2D eigenvalue weighted by molar-refractivity contribution is 5.75. The van der Waals surface area contributed by atoms with Crippen molar-refractivity contribution >= 4 is 5.91 Å². The molecule has 2 atom stereocenters. The fraction of sp³-hybridized carbons (Fsp3) is 0.950. The summed E-state index contributed by atoms with van der Waals surface area (Å²) in [4.78, 5) is 13.1. The molecule has 0 aliphatic rings. The van der Waals surface area contributed by atoms with Gasteiger partial charge in [-0.25, -0.2) is 0 Å². The summed E-state index contributed by atoms with van der Waals surface area (Å²) in [6, 6.07) is 0. The molecule has 4 heteroatoms. The summed E-state index contributed by atoms with van der Waals surface area (Å²) in [6.45, 7) is 2.21. The minimum absolute atomic E-state index is 0.197. The number of unbranched alkanes of at least 4 members (excludes halogenated alkanes) is 9. The predicted molar refractivity (Wildman–Crippen MR) is 101 cm³/mol. The molecule has 0 radical (unpaired) electrons. The fourth-order valence-electron chi connectivity index (χ4n) is 2.90. The molecular weight excluding hydrogens is 302 g/mol. The summed E-state index contributed by atoms with van der Waals surface area (Å²) in [5, 5.41) is 20.0. The number of carbonyl (C=O) groups is 1. The maximum Gasteiger partial charge on any atom is 0.222 e. The third kappa shape index (κ3) is 13.8. The van der Waals surface area contributed by atoms with Gasteiger partial charge in [-0.3, -0.25) is 4.79 Å². The first kappa shape index (κ1) is 23.4. The van der Waals surface area contributed by atoms with Crippen LogP contribution in [0.5, 0.6) is 0 Å². The first-order valence-electron chi connectivity index (χ1n) is 10.0. The van der Waals surface area contributed by atoms with Crippen LogP contribution in [0.3, 0.4) is 0 Å². The zero-order valence-electron chi connectivity index (χ0n) is 16.3. The highest BCUT2D eigenvalue weighted by atomic mass is 16.3. The van der Waals surface area contributed by atoms with Gasteiger partial charge in [0.25, 0.3) is 0 Å². The monoisotopic (exact) mass is 343 g/mol. The van der Waals surface area contributed by atoms with Crippen LogP contribution in [0, 0.1) is 0 Å². The molecule has 0 aromatic heterocycles. The van der Waals surface area contributed by atoms with Gasteiger partial charge in [-0.1, -0.05) is 71.1 Å². The molecule has 0 aliphatic carbocycles. The lowest BCUT2D eigenvalue weighted by Gasteiger charge is -2.17. The Kier molecular flexibility index (Phi) is 15.5. The van der Waals surface area contributed by atoms with Crippen LogP contribution < -0.4 is 0 Å². The van der Waals surface area contributed by atoms with E-state index in [1.165, 1.54) is 25.7 Å². The normalized spacial score (nSPS) is 13.7. The van der Waals surface area contributed by atoms with E-state index < -0.39 is 12.2 Å². The highest BCUT2D eigenvalue weighted by Gasteiger charge is 2.15. The molecule has 2 N–H and O–H groups in total. The molecule has 24 heavy (non-hydrogen) atoms. The van der Waals surface area contributed by atoms with E-state index in [9.17, 15) is 15.0 Å². The van der Waals surface area contributed by atoms with Crippen molar-refractivity contribution in [3.8, 4) is 0 Å². The van der Waals surface area contributed by atoms with E-state index in [1.54, 1.807) is 19.0 Å². The van der Waals surface area contributed by atoms with Gasteiger partial charge >= 0.3 is 0 Å². The van der Waals surface area contributed by atoms with Gasteiger partial charge in [0.15, 0.2) is 0 Å². The van der Waals surface area contributed by atoms with Crippen molar-refractivity contribution in [3.05, 3.63) is 0 Å². The van der Waals surface area contributed by atoms with Gasteiger partial charge in [0, 0.05) is 20.5 Å². The number of aliphatic hydroxyl groups excluding tert-OH is 2. The first-order valence-corrected chi connectivity index (χ1v) is 10.0. The number of hydrogen-bond donors (Lipinski definition) is 2. The molecule has 0 heterocycles. The van der Waals surface area contributed by atoms with Crippen molar-refractivity contribution in [1.82, 2.24) is 4.90 Å². The van der Waals surface area contributed by atoms with Crippen LogP contribution in [0.25, 0.3) is 0 Å². The Morgan fingerprint density at radius 3 is 1.62 bits per heavy atom. The lowest BCUT2D eigenvalue weighted by molar-refractivity contribution is -0.128. The van der Waals surface area contributed by atoms with E-state index in [-0.39, 0.29) is 5.91 Å². The van der Waals surface area contributed by atoms with Gasteiger partial charge < -0.3 is 15.1 Å². The van der Waals surface area contributed by atoms with Crippen LogP contribution in [0.1, 0.15) is 96.8 Å². The second-order valence-corrected chi connectivity index (χ2v) is 7.29. The lowest BCUT2D eigenvalue weighted by Crippen LogP contribution is -2.25. The van der Waals surface area contributed by atoms with E-state index in [1.807, 2.05) is 0 Å². The number of aliphatic hydroxyl groups is 2. The maximum absolute atomic E-state index is 11.4. The molecule has 0 aromatic carbocycles. The molecule has 0 spiro atoms. The van der Waals surface area contributed by atoms with Gasteiger partial charge in [-0.15, -0.1) is 0 Å². The van der Waals surface area contributed by atoms with Crippen LogP contribution in [-0.2, 0) is 4.79 Å². The fourth-order valence-corrected chi connectivity index (χ4v) is 2.90. The molecule has 0 rings (SSSR count). The second kappa shape index (κ2) is 15.9. The molecule has 0 fully saturated rings. The van der Waals surface area contributed by atoms with E-state index in [0.29, 0.717) is 12.8 Å². The van der Waals surface area contributed by atoms with Crippen LogP contribution >= 0.6 is 0 Å². The van der Waals surface area contributed by atoms with Crippen molar-refractivity contribution in [2.75, 3.05) is 14.1 Å². The van der Waals surface area contributed by atoms with Crippen molar-refractivity contribution in [2.24, 2.45) is 0 Å². The quantitative estimate of drug-likeness (QED) is 0.411. The second-order valence-electron chi connectivity index (χ2n) is 7.29. The maximum atomic E-state index is 11.4. The topological polar surface area (TPSA) is 60.8 Å². The molecule has 144 valence electrons. The van der Waals surface area contributed by atoms with Crippen molar-refractivity contribution in [3.63, 3.8) is 0 Å². The average Bonchev–Trinajstić information content (AvgIpc) is 2.56. The molecule has 0 aliphatic heterocycles. The zero-order valence-corrected chi connectivity index (χ0v) is 16.3. The Labute approximate surface area is 149 Å². The Balaban J connectivity index is 3.44. The molecule has 0 bridgehead atoms. The van der Waals surface area contributed by atoms with Crippen molar-refractivity contribution in [1.29, 1.82) is 0 Å². The molecule has 0 saturated heterocycles. The Morgan fingerprint density at radius 2 is 1.17 bits per heavy atom. The molecule has 4 nitrogen and oxygen atoms in total. The number of hydrogen-bond acceptors (Lipinski definition) is 3. The van der Waals surface area contributed by atoms with E-state index in [4.69, 9.17) is 0 Å². The van der Waals surface area contributed by atoms with E-state index in [0.717, 1.165) is 51.4 Å². The van der Waals surface area contributed by atoms with Crippen molar-refractivity contribution < 1.29 is 15.0 Å². The third-order valence-electron chi connectivity index (χ3n) is 4.69. The zero-order chi connectivity index (χ0) is 18.2. The number of rotatable bonds is 16. The molecule has 2 unspecified atom stereocenters. The molecular formula is C20H41NO3. The summed E-state index contributed by atoms with van der Waals surface area (Å²) in [7, 11) is 3.58. The van der Waals surface area contributed by atoms with E-state index >= 15 is 0 Å². The standard InChI is InChI=1S/C20H41NO3/c1-4-5-6-7-9-12-15-18(22)19(23)16-13-10-8-11-14-17-20(24)21(2)3/h18-19,22-23H,4-17H2,1-3H3. The first-order chi connectivity index (χ1) is 11.5. The smallest absolute Gasteiger partial charge is 0.222 e. The third-order valence-corrected chi connectivity index (χ3v) is 4.69. The number of carbonyl (C=O) groups excluding carboxylic acids is 1. The summed E-state index contributed by atoms with van der Waals surface area (Å²) < 4.78 is 0. The minimum Gasteiger partial charge on any atom is -0.390 e. The van der Waals surface area contributed by atoms with Gasteiger partial charge in [0.1, 0.15) is 0 Å². The van der Waals surface area contributed by atoms with Gasteiger partial charge in [-0.05, 0) is 19.3 Å². The summed E-state index contributed by atoms with van der Waals surface area (Å²) >= 11 is 0. The SMILES string of the molecule is CCCCCCCCC(O)C(O)CCCCCCCC(=O)N(C)C. The van der Waals surface area contributed by atoms with Crippen LogP contribution in [0.2, 0.25) is 0 Å². The predicted octanol–water partition coefficient (Wildman–Crippen LogP) is 4.28. The molecule has 0 saturated carbocycles. The summed E-state index contributed by atoms with van der Waals surface area (Å²) in [5.41, 5.74) is 0. The van der Waals surface area contributed by atoms with Crippen LogP contribution in [0.4, 0.5) is 0 Å². The van der Waals surface area contributed by atoms with Gasteiger partial charge in [-0.2, -0.15) is 0 Å². The summed E-state index contributed by atoms with van der Waals surface area (Å²) in [6.07, 6.45) is 13.3. The lowest BCUT2D eigenvalue weighted by atomic mass is 9.99. The Morgan fingerprint density at radius 1 is 0.750 bits per heavy atom. The van der Waals surface area contributed by atoms with E-state index in [2.05, 4.69) is 6.92 Å². The number of amides is 1. The van der Waals surface area contributed by atoms with Crippen LogP contribution in [0.15, 0.2) is 0 Å². The Hall–Kier alpha value is -0.610. The largest absolute Gasteiger partial charge is 0.390 e. The van der Waals surface area contributed by atoms with Crippen molar-refractivity contribution in [2.45, 2.75) is 109 Å². The minimum atomic E-state index is -0.573. The van der Waals surface area contributed by atoms with Gasteiger partial charge in [0.2, 0.25) is 5.91 Å². The van der Waals surface area contributed by atoms with Gasteiger partial charge in [0.05, 0.1) is 12.2 Å². The molecule has 0 aromatic rings. The molecule has 1 amide bonds.